The van der Waals surface area contributed by atoms with Crippen LogP contribution in [0.15, 0.2) is 18.2 Å². The van der Waals surface area contributed by atoms with E-state index < -0.39 is 6.10 Å². The van der Waals surface area contributed by atoms with Crippen molar-refractivity contribution in [2.45, 2.75) is 40.3 Å². The van der Waals surface area contributed by atoms with E-state index >= 15 is 0 Å². The first-order chi connectivity index (χ1) is 9.45. The lowest BCUT2D eigenvalue weighted by Gasteiger charge is -2.14. The van der Waals surface area contributed by atoms with Crippen LogP contribution in [-0.4, -0.2) is 32.6 Å². The Hall–Kier alpha value is -1.88. The summed E-state index contributed by atoms with van der Waals surface area (Å²) in [4.78, 5) is 4.21. The van der Waals surface area contributed by atoms with Gasteiger partial charge in [-0.1, -0.05) is 12.1 Å². The molecule has 108 valence electrons. The van der Waals surface area contributed by atoms with Gasteiger partial charge in [0.2, 0.25) is 0 Å². The van der Waals surface area contributed by atoms with E-state index in [9.17, 15) is 5.11 Å². The van der Waals surface area contributed by atoms with Gasteiger partial charge in [-0.3, -0.25) is 0 Å². The van der Waals surface area contributed by atoms with Crippen LogP contribution in [0.5, 0.6) is 5.75 Å². The number of aliphatic hydroxyl groups is 1. The van der Waals surface area contributed by atoms with E-state index in [1.165, 1.54) is 0 Å². The van der Waals surface area contributed by atoms with E-state index in [0.717, 1.165) is 22.7 Å². The van der Waals surface area contributed by atoms with Gasteiger partial charge in [-0.25, -0.2) is 9.67 Å². The van der Waals surface area contributed by atoms with E-state index in [1.54, 1.807) is 4.68 Å². The molecule has 0 aliphatic carbocycles. The number of ether oxygens (including phenoxy) is 1. The highest BCUT2D eigenvalue weighted by atomic mass is 16.5. The SMILES string of the molecule is Cc1ccc(C)c(OCC(O)Cn2nc(C)nc2C)c1. The third kappa shape index (κ3) is 3.57. The van der Waals surface area contributed by atoms with E-state index in [2.05, 4.69) is 10.1 Å². The van der Waals surface area contributed by atoms with Crippen LogP contribution in [0.3, 0.4) is 0 Å². The van der Waals surface area contributed by atoms with Crippen molar-refractivity contribution in [3.63, 3.8) is 0 Å². The van der Waals surface area contributed by atoms with E-state index in [4.69, 9.17) is 4.74 Å². The fourth-order valence-corrected chi connectivity index (χ4v) is 2.04. The van der Waals surface area contributed by atoms with Crippen molar-refractivity contribution in [3.05, 3.63) is 41.0 Å². The second kappa shape index (κ2) is 6.05. The Balaban J connectivity index is 1.93. The summed E-state index contributed by atoms with van der Waals surface area (Å²) >= 11 is 0. The van der Waals surface area contributed by atoms with Crippen LogP contribution in [0.25, 0.3) is 0 Å². The van der Waals surface area contributed by atoms with Gasteiger partial charge in [0, 0.05) is 0 Å². The van der Waals surface area contributed by atoms with Crippen molar-refractivity contribution in [3.8, 4) is 5.75 Å². The molecule has 1 atom stereocenters. The summed E-state index contributed by atoms with van der Waals surface area (Å²) in [6.45, 7) is 8.34. The summed E-state index contributed by atoms with van der Waals surface area (Å²) < 4.78 is 7.39. The molecule has 0 aliphatic heterocycles. The number of rotatable bonds is 5. The number of benzene rings is 1. The van der Waals surface area contributed by atoms with Gasteiger partial charge >= 0.3 is 0 Å². The second-order valence-corrected chi connectivity index (χ2v) is 5.12. The fourth-order valence-electron chi connectivity index (χ4n) is 2.04. The van der Waals surface area contributed by atoms with Crippen molar-refractivity contribution >= 4 is 0 Å². The standard InChI is InChI=1S/C15H21N3O2/c1-10-5-6-11(2)15(7-10)20-9-14(19)8-18-13(4)16-12(3)17-18/h5-7,14,19H,8-9H2,1-4H3. The van der Waals surface area contributed by atoms with Crippen LogP contribution in [0.4, 0.5) is 0 Å². The highest BCUT2D eigenvalue weighted by Crippen LogP contribution is 2.19. The third-order valence-corrected chi connectivity index (χ3v) is 3.12. The first kappa shape index (κ1) is 14.5. The Kier molecular flexibility index (Phi) is 4.39. The molecule has 0 bridgehead atoms. The van der Waals surface area contributed by atoms with Gasteiger partial charge in [0.25, 0.3) is 0 Å². The maximum atomic E-state index is 10.0. The lowest BCUT2D eigenvalue weighted by Crippen LogP contribution is -2.25. The molecular weight excluding hydrogens is 254 g/mol. The topological polar surface area (TPSA) is 60.2 Å². The summed E-state index contributed by atoms with van der Waals surface area (Å²) in [5.41, 5.74) is 2.21. The maximum absolute atomic E-state index is 10.0. The summed E-state index contributed by atoms with van der Waals surface area (Å²) in [6, 6.07) is 6.04. The Morgan fingerprint density at radius 2 is 2.00 bits per heavy atom. The van der Waals surface area contributed by atoms with Gasteiger partial charge in [-0.2, -0.15) is 5.10 Å². The molecule has 5 nitrogen and oxygen atoms in total. The molecule has 2 rings (SSSR count). The molecule has 2 aromatic rings. The second-order valence-electron chi connectivity index (χ2n) is 5.12. The molecule has 0 amide bonds. The first-order valence-corrected chi connectivity index (χ1v) is 6.72. The van der Waals surface area contributed by atoms with Crippen LogP contribution in [0.1, 0.15) is 22.8 Å². The zero-order chi connectivity index (χ0) is 14.7. The van der Waals surface area contributed by atoms with Gasteiger partial charge in [0.05, 0.1) is 6.54 Å². The number of aryl methyl sites for hydroxylation is 4. The number of nitrogens with zero attached hydrogens (tertiary/aromatic N) is 3. The number of aliphatic hydroxyl groups excluding tert-OH is 1. The van der Waals surface area contributed by atoms with Crippen molar-refractivity contribution in [2.75, 3.05) is 6.61 Å². The summed E-state index contributed by atoms with van der Waals surface area (Å²) in [6.07, 6.45) is -0.616. The number of hydrogen-bond acceptors (Lipinski definition) is 4. The minimum atomic E-state index is -0.616. The van der Waals surface area contributed by atoms with Crippen molar-refractivity contribution in [1.82, 2.24) is 14.8 Å². The quantitative estimate of drug-likeness (QED) is 0.906. The molecule has 20 heavy (non-hydrogen) atoms. The average molecular weight is 275 g/mol. The molecule has 5 heteroatoms. The molecule has 1 N–H and O–H groups in total. The molecule has 0 radical (unpaired) electrons. The first-order valence-electron chi connectivity index (χ1n) is 6.72. The molecule has 1 aromatic heterocycles. The zero-order valence-corrected chi connectivity index (χ0v) is 12.4. The molecule has 1 unspecified atom stereocenters. The lowest BCUT2D eigenvalue weighted by molar-refractivity contribution is 0.0882. The van der Waals surface area contributed by atoms with Gasteiger partial charge in [-0.15, -0.1) is 0 Å². The van der Waals surface area contributed by atoms with Crippen LogP contribution < -0.4 is 4.74 Å². The molecule has 0 saturated carbocycles. The van der Waals surface area contributed by atoms with Crippen molar-refractivity contribution in [1.29, 1.82) is 0 Å². The predicted octanol–water partition coefficient (Wildman–Crippen LogP) is 1.95. The molecular formula is C15H21N3O2. The van der Waals surface area contributed by atoms with E-state index in [1.807, 2.05) is 45.9 Å². The van der Waals surface area contributed by atoms with Crippen molar-refractivity contribution < 1.29 is 9.84 Å². The fraction of sp³-hybridized carbons (Fsp3) is 0.467. The van der Waals surface area contributed by atoms with Crippen LogP contribution >= 0.6 is 0 Å². The van der Waals surface area contributed by atoms with Gasteiger partial charge in [0.1, 0.15) is 30.1 Å². The minimum Gasteiger partial charge on any atom is -0.491 e. The highest BCUT2D eigenvalue weighted by molar-refractivity contribution is 5.35. The van der Waals surface area contributed by atoms with Gasteiger partial charge in [0.15, 0.2) is 0 Å². The molecule has 0 fully saturated rings. The average Bonchev–Trinajstić information content (AvgIpc) is 2.69. The summed E-state index contributed by atoms with van der Waals surface area (Å²) in [5, 5.41) is 14.3. The normalized spacial score (nSPS) is 12.4. The molecule has 1 heterocycles. The Morgan fingerprint density at radius 3 is 2.65 bits per heavy atom. The Morgan fingerprint density at radius 1 is 1.25 bits per heavy atom. The van der Waals surface area contributed by atoms with Crippen LogP contribution in [-0.2, 0) is 6.54 Å². The summed E-state index contributed by atoms with van der Waals surface area (Å²) in [5.74, 6) is 2.33. The molecule has 0 aliphatic rings. The van der Waals surface area contributed by atoms with E-state index in [0.29, 0.717) is 12.4 Å². The van der Waals surface area contributed by atoms with Crippen LogP contribution in [0.2, 0.25) is 0 Å². The minimum absolute atomic E-state index is 0.239. The molecule has 0 spiro atoms. The molecule has 1 aromatic carbocycles. The van der Waals surface area contributed by atoms with Crippen LogP contribution in [0, 0.1) is 27.7 Å². The lowest BCUT2D eigenvalue weighted by atomic mass is 10.1. The highest BCUT2D eigenvalue weighted by Gasteiger charge is 2.11. The predicted molar refractivity (Wildman–Crippen MR) is 76.9 cm³/mol. The van der Waals surface area contributed by atoms with Crippen molar-refractivity contribution in [2.24, 2.45) is 0 Å². The zero-order valence-electron chi connectivity index (χ0n) is 12.4. The monoisotopic (exact) mass is 275 g/mol. The third-order valence-electron chi connectivity index (χ3n) is 3.12. The maximum Gasteiger partial charge on any atom is 0.147 e. The van der Waals surface area contributed by atoms with Gasteiger partial charge < -0.3 is 9.84 Å². The summed E-state index contributed by atoms with van der Waals surface area (Å²) in [7, 11) is 0. The Labute approximate surface area is 119 Å². The smallest absolute Gasteiger partial charge is 0.147 e. The number of aromatic nitrogens is 3. The van der Waals surface area contributed by atoms with Gasteiger partial charge in [-0.05, 0) is 44.9 Å². The largest absolute Gasteiger partial charge is 0.491 e. The molecule has 0 saturated heterocycles. The number of hydrogen-bond donors (Lipinski definition) is 1. The van der Waals surface area contributed by atoms with E-state index in [-0.39, 0.29) is 6.61 Å². The Bertz CT molecular complexity index is 593.